The van der Waals surface area contributed by atoms with E-state index < -0.39 is 0 Å². The fourth-order valence-corrected chi connectivity index (χ4v) is 3.14. The molecule has 2 aromatic carbocycles. The lowest BCUT2D eigenvalue weighted by atomic mass is 9.96. The Hall–Kier alpha value is -1.42. The third kappa shape index (κ3) is 2.95. The van der Waals surface area contributed by atoms with Crippen molar-refractivity contribution in [2.24, 2.45) is 5.73 Å². The Morgan fingerprint density at radius 3 is 2.76 bits per heavy atom. The Morgan fingerprint density at radius 1 is 1.19 bits per heavy atom. The van der Waals surface area contributed by atoms with Gasteiger partial charge in [-0.15, -0.1) is 0 Å². The van der Waals surface area contributed by atoms with Gasteiger partial charge in [0.2, 0.25) is 0 Å². The topological polar surface area (TPSA) is 38.5 Å². The first-order chi connectivity index (χ1) is 10.1. The molecule has 2 N–H and O–H groups in total. The first-order valence-corrected chi connectivity index (χ1v) is 7.64. The van der Waals surface area contributed by atoms with Gasteiger partial charge in [0.15, 0.2) is 0 Å². The summed E-state index contributed by atoms with van der Waals surface area (Å²) in [7, 11) is 0. The zero-order chi connectivity index (χ0) is 14.9. The molecule has 0 amide bonds. The van der Waals surface area contributed by atoms with E-state index in [2.05, 4.69) is 61.2 Å². The zero-order valence-corrected chi connectivity index (χ0v) is 12.9. The lowest BCUT2D eigenvalue weighted by molar-refractivity contribution is -0.0531. The summed E-state index contributed by atoms with van der Waals surface area (Å²) in [6.45, 7) is 7.83. The van der Waals surface area contributed by atoms with E-state index >= 15 is 0 Å². The third-order valence-corrected chi connectivity index (χ3v) is 4.46. The van der Waals surface area contributed by atoms with Crippen molar-refractivity contribution in [3.63, 3.8) is 0 Å². The lowest BCUT2D eigenvalue weighted by Gasteiger charge is -2.43. The Kier molecular flexibility index (Phi) is 3.98. The molecule has 0 radical (unpaired) electrons. The smallest absolute Gasteiger partial charge is 0.0645 e. The minimum absolute atomic E-state index is 0.0217. The maximum Gasteiger partial charge on any atom is 0.0645 e. The van der Waals surface area contributed by atoms with Gasteiger partial charge in [0.05, 0.1) is 13.2 Å². The monoisotopic (exact) mass is 284 g/mol. The number of fused-ring (bicyclic) bond motifs is 1. The minimum Gasteiger partial charge on any atom is -0.378 e. The highest BCUT2D eigenvalue weighted by Gasteiger charge is 2.31. The molecular formula is C18H24N2O. The van der Waals surface area contributed by atoms with Gasteiger partial charge in [0.25, 0.3) is 0 Å². The molecule has 0 spiro atoms. The van der Waals surface area contributed by atoms with Crippen LogP contribution in [0, 0.1) is 0 Å². The van der Waals surface area contributed by atoms with Crippen molar-refractivity contribution in [2.75, 3.05) is 26.3 Å². The summed E-state index contributed by atoms with van der Waals surface area (Å²) >= 11 is 0. The van der Waals surface area contributed by atoms with Crippen LogP contribution in [0.15, 0.2) is 42.5 Å². The SMILES string of the molecule is CC1(C)COCCN1CC(N)c1cccc2ccccc12. The molecular weight excluding hydrogens is 260 g/mol. The van der Waals surface area contributed by atoms with Crippen LogP contribution in [0.2, 0.25) is 0 Å². The third-order valence-electron chi connectivity index (χ3n) is 4.46. The Balaban J connectivity index is 1.85. The quantitative estimate of drug-likeness (QED) is 0.942. The van der Waals surface area contributed by atoms with Crippen molar-refractivity contribution < 1.29 is 4.74 Å². The molecule has 1 atom stereocenters. The van der Waals surface area contributed by atoms with Crippen LogP contribution in [0.1, 0.15) is 25.5 Å². The molecule has 1 heterocycles. The molecule has 1 aliphatic rings. The van der Waals surface area contributed by atoms with Gasteiger partial charge in [-0.1, -0.05) is 42.5 Å². The van der Waals surface area contributed by atoms with E-state index in [1.807, 2.05) is 0 Å². The summed E-state index contributed by atoms with van der Waals surface area (Å²) in [5, 5.41) is 2.52. The number of rotatable bonds is 3. The Morgan fingerprint density at radius 2 is 1.95 bits per heavy atom. The van der Waals surface area contributed by atoms with Gasteiger partial charge in [-0.2, -0.15) is 0 Å². The fourth-order valence-electron chi connectivity index (χ4n) is 3.14. The Bertz CT molecular complexity index is 618. The highest BCUT2D eigenvalue weighted by molar-refractivity contribution is 5.86. The van der Waals surface area contributed by atoms with Crippen LogP contribution in [-0.2, 0) is 4.74 Å². The van der Waals surface area contributed by atoms with Crippen molar-refractivity contribution in [2.45, 2.75) is 25.4 Å². The van der Waals surface area contributed by atoms with E-state index in [1.165, 1.54) is 16.3 Å². The molecule has 1 unspecified atom stereocenters. The van der Waals surface area contributed by atoms with E-state index in [9.17, 15) is 0 Å². The van der Waals surface area contributed by atoms with Crippen LogP contribution in [0.5, 0.6) is 0 Å². The van der Waals surface area contributed by atoms with Crippen LogP contribution < -0.4 is 5.73 Å². The number of ether oxygens (including phenoxy) is 1. The summed E-state index contributed by atoms with van der Waals surface area (Å²) in [5.74, 6) is 0. The predicted octanol–water partition coefficient (Wildman–Crippen LogP) is 2.95. The molecule has 1 aliphatic heterocycles. The highest BCUT2D eigenvalue weighted by atomic mass is 16.5. The molecule has 21 heavy (non-hydrogen) atoms. The summed E-state index contributed by atoms with van der Waals surface area (Å²) in [6, 6.07) is 14.9. The van der Waals surface area contributed by atoms with Crippen molar-refractivity contribution in [1.82, 2.24) is 4.90 Å². The maximum absolute atomic E-state index is 6.53. The molecule has 3 nitrogen and oxygen atoms in total. The fraction of sp³-hybridized carbons (Fsp3) is 0.444. The van der Waals surface area contributed by atoms with Gasteiger partial charge in [0, 0.05) is 24.7 Å². The van der Waals surface area contributed by atoms with Crippen molar-refractivity contribution >= 4 is 10.8 Å². The van der Waals surface area contributed by atoms with E-state index in [0.717, 1.165) is 26.3 Å². The molecule has 0 aliphatic carbocycles. The zero-order valence-electron chi connectivity index (χ0n) is 12.9. The molecule has 0 aromatic heterocycles. The van der Waals surface area contributed by atoms with Crippen LogP contribution in [0.4, 0.5) is 0 Å². The number of hydrogen-bond donors (Lipinski definition) is 1. The molecule has 0 saturated carbocycles. The van der Waals surface area contributed by atoms with Crippen LogP contribution in [0.25, 0.3) is 10.8 Å². The van der Waals surface area contributed by atoms with E-state index in [4.69, 9.17) is 10.5 Å². The predicted molar refractivity (Wildman–Crippen MR) is 87.3 cm³/mol. The molecule has 0 bridgehead atoms. The van der Waals surface area contributed by atoms with Gasteiger partial charge in [-0.3, -0.25) is 4.90 Å². The van der Waals surface area contributed by atoms with Crippen molar-refractivity contribution in [3.05, 3.63) is 48.0 Å². The second kappa shape index (κ2) is 5.76. The van der Waals surface area contributed by atoms with Crippen LogP contribution >= 0.6 is 0 Å². The molecule has 3 rings (SSSR count). The molecule has 112 valence electrons. The van der Waals surface area contributed by atoms with Crippen LogP contribution in [-0.4, -0.2) is 36.7 Å². The molecule has 1 fully saturated rings. The van der Waals surface area contributed by atoms with E-state index in [0.29, 0.717) is 0 Å². The Labute approximate surface area is 126 Å². The standard InChI is InChI=1S/C18H24N2O/c1-18(2)13-21-11-10-20(18)12-17(19)16-9-5-7-14-6-3-4-8-15(14)16/h3-9,17H,10-13,19H2,1-2H3. The number of nitrogens with two attached hydrogens (primary N) is 1. The van der Waals surface area contributed by atoms with Crippen molar-refractivity contribution in [1.29, 1.82) is 0 Å². The first kappa shape index (κ1) is 14.5. The minimum atomic E-state index is 0.0217. The van der Waals surface area contributed by atoms with Gasteiger partial charge >= 0.3 is 0 Å². The molecule has 2 aromatic rings. The van der Waals surface area contributed by atoms with Gasteiger partial charge in [0.1, 0.15) is 0 Å². The first-order valence-electron chi connectivity index (χ1n) is 7.64. The number of benzene rings is 2. The van der Waals surface area contributed by atoms with E-state index in [1.54, 1.807) is 0 Å². The van der Waals surface area contributed by atoms with Crippen molar-refractivity contribution in [3.8, 4) is 0 Å². The number of morpholine rings is 1. The highest BCUT2D eigenvalue weighted by Crippen LogP contribution is 2.26. The van der Waals surface area contributed by atoms with Crippen LogP contribution in [0.3, 0.4) is 0 Å². The second-order valence-electron chi connectivity index (χ2n) is 6.49. The average molecular weight is 284 g/mol. The largest absolute Gasteiger partial charge is 0.378 e. The normalized spacial score (nSPS) is 20.5. The summed E-state index contributed by atoms with van der Waals surface area (Å²) < 4.78 is 5.59. The second-order valence-corrected chi connectivity index (χ2v) is 6.49. The summed E-state index contributed by atoms with van der Waals surface area (Å²) in [5.41, 5.74) is 7.82. The molecule has 1 saturated heterocycles. The summed E-state index contributed by atoms with van der Waals surface area (Å²) in [6.07, 6.45) is 0. The number of nitrogens with zero attached hydrogens (tertiary/aromatic N) is 1. The lowest BCUT2D eigenvalue weighted by Crippen LogP contribution is -2.54. The van der Waals surface area contributed by atoms with Gasteiger partial charge in [-0.25, -0.2) is 0 Å². The summed E-state index contributed by atoms with van der Waals surface area (Å²) in [4.78, 5) is 2.45. The van der Waals surface area contributed by atoms with Gasteiger partial charge < -0.3 is 10.5 Å². The molecule has 3 heteroatoms. The maximum atomic E-state index is 6.53. The number of hydrogen-bond acceptors (Lipinski definition) is 3. The average Bonchev–Trinajstić information content (AvgIpc) is 2.48. The van der Waals surface area contributed by atoms with E-state index in [-0.39, 0.29) is 11.6 Å². The van der Waals surface area contributed by atoms with Gasteiger partial charge in [-0.05, 0) is 30.2 Å².